The topological polar surface area (TPSA) is 62.3 Å². The van der Waals surface area contributed by atoms with Crippen molar-refractivity contribution in [3.05, 3.63) is 39.8 Å². The average molecular weight is 356 g/mol. The van der Waals surface area contributed by atoms with Crippen molar-refractivity contribution in [3.8, 4) is 0 Å². The van der Waals surface area contributed by atoms with Crippen LogP contribution in [0.25, 0.3) is 0 Å². The van der Waals surface area contributed by atoms with E-state index in [2.05, 4.69) is 10.3 Å². The summed E-state index contributed by atoms with van der Waals surface area (Å²) in [5, 5.41) is 5.83. The summed E-state index contributed by atoms with van der Waals surface area (Å²) < 4.78 is 0. The largest absolute Gasteiger partial charge is 0.312 e. The molecule has 8 heteroatoms. The number of benzene rings is 1. The monoisotopic (exact) mass is 355 g/mol. The van der Waals surface area contributed by atoms with Crippen molar-refractivity contribution in [3.63, 3.8) is 0 Å². The van der Waals surface area contributed by atoms with Crippen LogP contribution in [-0.4, -0.2) is 23.3 Å². The number of rotatable bonds is 3. The van der Waals surface area contributed by atoms with Gasteiger partial charge in [-0.05, 0) is 18.2 Å². The zero-order valence-electron chi connectivity index (χ0n) is 11.3. The van der Waals surface area contributed by atoms with Gasteiger partial charge in [0.15, 0.2) is 5.13 Å². The lowest BCUT2D eigenvalue weighted by molar-refractivity contribution is -0.122. The lowest BCUT2D eigenvalue weighted by Gasteiger charge is -2.17. The Morgan fingerprint density at radius 2 is 2.18 bits per heavy atom. The highest BCUT2D eigenvalue weighted by molar-refractivity contribution is 7.13. The highest BCUT2D eigenvalue weighted by atomic mass is 35.5. The first-order valence-corrected chi connectivity index (χ1v) is 8.14. The smallest absolute Gasteiger partial charge is 0.231 e. The third kappa shape index (κ3) is 3.09. The molecule has 1 aromatic carbocycles. The molecular weight excluding hydrogens is 345 g/mol. The van der Waals surface area contributed by atoms with E-state index in [9.17, 15) is 9.59 Å². The molecule has 0 unspecified atom stereocenters. The predicted octanol–water partition coefficient (Wildman–Crippen LogP) is 3.44. The summed E-state index contributed by atoms with van der Waals surface area (Å²) in [5.41, 5.74) is 0.643. The summed E-state index contributed by atoms with van der Waals surface area (Å²) in [6, 6.07) is 4.98. The van der Waals surface area contributed by atoms with Crippen molar-refractivity contribution < 1.29 is 9.59 Å². The van der Waals surface area contributed by atoms with Crippen molar-refractivity contribution in [1.29, 1.82) is 0 Å². The average Bonchev–Trinajstić information content (AvgIpc) is 3.11. The van der Waals surface area contributed by atoms with Crippen molar-refractivity contribution in [2.24, 2.45) is 5.92 Å². The predicted molar refractivity (Wildman–Crippen MR) is 87.7 cm³/mol. The van der Waals surface area contributed by atoms with E-state index in [0.29, 0.717) is 27.4 Å². The number of nitrogens with one attached hydrogen (secondary N) is 1. The molecule has 0 aliphatic carbocycles. The number of nitrogens with zero attached hydrogens (tertiary/aromatic N) is 2. The number of hydrogen-bond acceptors (Lipinski definition) is 4. The van der Waals surface area contributed by atoms with Crippen LogP contribution in [0.15, 0.2) is 29.8 Å². The second kappa shape index (κ2) is 6.24. The zero-order valence-corrected chi connectivity index (χ0v) is 13.6. The number of halogens is 2. The van der Waals surface area contributed by atoms with Crippen molar-refractivity contribution >= 4 is 57.2 Å². The number of thiazole rings is 1. The molecule has 1 saturated heterocycles. The maximum absolute atomic E-state index is 12.2. The normalized spacial score (nSPS) is 17.8. The molecule has 1 fully saturated rings. The minimum absolute atomic E-state index is 0.113. The van der Waals surface area contributed by atoms with E-state index in [1.807, 2.05) is 0 Å². The standard InChI is InChI=1S/C14H11Cl2N3O2S/c15-10-2-1-9(6-11(10)16)19-7-8(5-12(19)20)13(21)18-14-17-3-4-22-14/h1-4,6,8H,5,7H2,(H,17,18,21)/t8-/m1/s1. The van der Waals surface area contributed by atoms with Crippen LogP contribution < -0.4 is 10.2 Å². The number of carbonyl (C=O) groups excluding carboxylic acids is 2. The molecule has 1 atom stereocenters. The molecule has 1 aliphatic heterocycles. The molecule has 2 aromatic rings. The molecule has 2 amide bonds. The van der Waals surface area contributed by atoms with Crippen LogP contribution in [-0.2, 0) is 9.59 Å². The molecule has 114 valence electrons. The van der Waals surface area contributed by atoms with Crippen LogP contribution in [0.4, 0.5) is 10.8 Å². The first kappa shape index (κ1) is 15.3. The highest BCUT2D eigenvalue weighted by Crippen LogP contribution is 2.31. The molecule has 0 saturated carbocycles. The van der Waals surface area contributed by atoms with Crippen LogP contribution in [0.1, 0.15) is 6.42 Å². The molecule has 5 nitrogen and oxygen atoms in total. The van der Waals surface area contributed by atoms with Gasteiger partial charge in [-0.25, -0.2) is 4.98 Å². The van der Waals surface area contributed by atoms with Gasteiger partial charge in [-0.1, -0.05) is 23.2 Å². The quantitative estimate of drug-likeness (QED) is 0.916. The number of carbonyl (C=O) groups is 2. The summed E-state index contributed by atoms with van der Waals surface area (Å²) in [6.45, 7) is 0.313. The van der Waals surface area contributed by atoms with E-state index in [1.54, 1.807) is 34.7 Å². The van der Waals surface area contributed by atoms with Gasteiger partial charge in [-0.3, -0.25) is 9.59 Å². The summed E-state index contributed by atoms with van der Waals surface area (Å²) >= 11 is 13.2. The summed E-state index contributed by atoms with van der Waals surface area (Å²) in [6.07, 6.45) is 1.78. The molecule has 3 rings (SSSR count). The van der Waals surface area contributed by atoms with Gasteiger partial charge < -0.3 is 10.2 Å². The fourth-order valence-electron chi connectivity index (χ4n) is 2.28. The second-order valence-corrected chi connectivity index (χ2v) is 6.54. The van der Waals surface area contributed by atoms with Gasteiger partial charge in [0.25, 0.3) is 0 Å². The SMILES string of the molecule is O=C(Nc1nccs1)[C@@H]1CC(=O)N(c2ccc(Cl)c(Cl)c2)C1. The summed E-state index contributed by atoms with van der Waals surface area (Å²) in [5.74, 6) is -0.727. The maximum Gasteiger partial charge on any atom is 0.231 e. The molecule has 1 aliphatic rings. The fraction of sp³-hybridized carbons (Fsp3) is 0.214. The van der Waals surface area contributed by atoms with E-state index in [4.69, 9.17) is 23.2 Å². The first-order valence-electron chi connectivity index (χ1n) is 6.50. The number of amides is 2. The van der Waals surface area contributed by atoms with Gasteiger partial charge in [0.2, 0.25) is 11.8 Å². The Hall–Kier alpha value is -1.63. The number of aromatic nitrogens is 1. The summed E-state index contributed by atoms with van der Waals surface area (Å²) in [4.78, 5) is 29.9. The van der Waals surface area contributed by atoms with Crippen LogP contribution in [0, 0.1) is 5.92 Å². The van der Waals surface area contributed by atoms with Gasteiger partial charge in [-0.2, -0.15) is 0 Å². The van der Waals surface area contributed by atoms with Crippen molar-refractivity contribution in [1.82, 2.24) is 4.98 Å². The van der Waals surface area contributed by atoms with E-state index < -0.39 is 5.92 Å². The Morgan fingerprint density at radius 3 is 2.86 bits per heavy atom. The molecule has 2 heterocycles. The van der Waals surface area contributed by atoms with E-state index in [0.717, 1.165) is 0 Å². The Labute approximate surface area is 140 Å². The molecule has 0 radical (unpaired) electrons. The van der Waals surface area contributed by atoms with Crippen LogP contribution in [0.3, 0.4) is 0 Å². The van der Waals surface area contributed by atoms with Crippen molar-refractivity contribution in [2.75, 3.05) is 16.8 Å². The van der Waals surface area contributed by atoms with Crippen LogP contribution in [0.2, 0.25) is 10.0 Å². The Morgan fingerprint density at radius 1 is 1.36 bits per heavy atom. The second-order valence-electron chi connectivity index (χ2n) is 4.83. The molecule has 0 spiro atoms. The minimum Gasteiger partial charge on any atom is -0.312 e. The molecule has 1 aromatic heterocycles. The number of hydrogen-bond donors (Lipinski definition) is 1. The minimum atomic E-state index is -0.411. The maximum atomic E-state index is 12.2. The zero-order chi connectivity index (χ0) is 15.7. The van der Waals surface area contributed by atoms with E-state index >= 15 is 0 Å². The van der Waals surface area contributed by atoms with E-state index in [-0.39, 0.29) is 18.2 Å². The van der Waals surface area contributed by atoms with Gasteiger partial charge in [-0.15, -0.1) is 11.3 Å². The van der Waals surface area contributed by atoms with Crippen LogP contribution >= 0.6 is 34.5 Å². The van der Waals surface area contributed by atoms with Crippen LogP contribution in [0.5, 0.6) is 0 Å². The third-order valence-corrected chi connectivity index (χ3v) is 4.80. The molecule has 1 N–H and O–H groups in total. The van der Waals surface area contributed by atoms with Crippen molar-refractivity contribution in [2.45, 2.75) is 6.42 Å². The van der Waals surface area contributed by atoms with Gasteiger partial charge in [0.05, 0.1) is 16.0 Å². The molecule has 22 heavy (non-hydrogen) atoms. The van der Waals surface area contributed by atoms with Gasteiger partial charge >= 0.3 is 0 Å². The third-order valence-electron chi connectivity index (χ3n) is 3.37. The summed E-state index contributed by atoms with van der Waals surface area (Å²) in [7, 11) is 0. The lowest BCUT2D eigenvalue weighted by Crippen LogP contribution is -2.28. The van der Waals surface area contributed by atoms with E-state index in [1.165, 1.54) is 11.3 Å². The lowest BCUT2D eigenvalue weighted by atomic mass is 10.1. The Bertz CT molecular complexity index is 721. The Balaban J connectivity index is 1.72. The first-order chi connectivity index (χ1) is 10.5. The number of anilines is 2. The highest BCUT2D eigenvalue weighted by Gasteiger charge is 2.35. The Kier molecular flexibility index (Phi) is 4.33. The van der Waals surface area contributed by atoms with Gasteiger partial charge in [0.1, 0.15) is 0 Å². The fourth-order valence-corrected chi connectivity index (χ4v) is 3.10. The van der Waals surface area contributed by atoms with Gasteiger partial charge in [0, 0.05) is 30.2 Å². The molecule has 0 bridgehead atoms. The molecular formula is C14H11Cl2N3O2S.